The second kappa shape index (κ2) is 5.25. The SMILES string of the molecule is Clc1nc(I)c(Cl)n1OCc1ccccc1. The molecule has 0 aliphatic heterocycles. The number of imidazole rings is 1. The van der Waals surface area contributed by atoms with Crippen LogP contribution in [-0.4, -0.2) is 9.71 Å². The van der Waals surface area contributed by atoms with E-state index in [1.165, 1.54) is 4.73 Å². The average Bonchev–Trinajstić information content (AvgIpc) is 2.53. The molecular weight excluding hydrogens is 362 g/mol. The number of aromatic nitrogens is 2. The first-order chi connectivity index (χ1) is 7.68. The van der Waals surface area contributed by atoms with Crippen LogP contribution in [0.3, 0.4) is 0 Å². The van der Waals surface area contributed by atoms with Gasteiger partial charge in [0.15, 0.2) is 5.15 Å². The van der Waals surface area contributed by atoms with Crippen LogP contribution >= 0.6 is 45.8 Å². The summed E-state index contributed by atoms with van der Waals surface area (Å²) in [5.74, 6) is 0. The molecular formula is C10H7Cl2IN2O. The molecule has 3 nitrogen and oxygen atoms in total. The Labute approximate surface area is 116 Å². The predicted octanol–water partition coefficient (Wildman–Crippen LogP) is 3.42. The van der Waals surface area contributed by atoms with Gasteiger partial charge < -0.3 is 4.84 Å². The van der Waals surface area contributed by atoms with Crippen molar-refractivity contribution in [3.8, 4) is 0 Å². The Kier molecular flexibility index (Phi) is 3.94. The molecule has 1 aromatic carbocycles. The van der Waals surface area contributed by atoms with Crippen LogP contribution in [0.2, 0.25) is 10.4 Å². The van der Waals surface area contributed by atoms with Crippen molar-refractivity contribution in [3.63, 3.8) is 0 Å². The lowest BCUT2D eigenvalue weighted by molar-refractivity contribution is 0.0980. The van der Waals surface area contributed by atoms with Crippen molar-refractivity contribution < 1.29 is 4.84 Å². The van der Waals surface area contributed by atoms with Gasteiger partial charge in [0.2, 0.25) is 5.28 Å². The van der Waals surface area contributed by atoms with Gasteiger partial charge in [-0.2, -0.15) is 0 Å². The first kappa shape index (κ1) is 12.0. The topological polar surface area (TPSA) is 27.1 Å². The lowest BCUT2D eigenvalue weighted by Gasteiger charge is -2.07. The molecule has 6 heteroatoms. The van der Waals surface area contributed by atoms with E-state index in [0.29, 0.717) is 15.5 Å². The minimum absolute atomic E-state index is 0.227. The summed E-state index contributed by atoms with van der Waals surface area (Å²) in [5.41, 5.74) is 1.04. The molecule has 2 rings (SSSR count). The van der Waals surface area contributed by atoms with E-state index in [9.17, 15) is 0 Å². The highest BCUT2D eigenvalue weighted by Crippen LogP contribution is 2.21. The molecule has 0 unspecified atom stereocenters. The van der Waals surface area contributed by atoms with Gasteiger partial charge in [0.1, 0.15) is 10.3 Å². The Hall–Kier alpha value is -0.460. The van der Waals surface area contributed by atoms with Crippen LogP contribution in [0.15, 0.2) is 30.3 Å². The molecule has 0 saturated carbocycles. The Morgan fingerprint density at radius 3 is 2.50 bits per heavy atom. The van der Waals surface area contributed by atoms with Crippen molar-refractivity contribution in [2.24, 2.45) is 0 Å². The number of halogens is 3. The van der Waals surface area contributed by atoms with Crippen LogP contribution in [-0.2, 0) is 6.61 Å². The highest BCUT2D eigenvalue weighted by molar-refractivity contribution is 14.1. The largest absolute Gasteiger partial charge is 0.405 e. The maximum atomic E-state index is 5.96. The van der Waals surface area contributed by atoms with Gasteiger partial charge in [0.25, 0.3) is 0 Å². The molecule has 1 heterocycles. The Bertz CT molecular complexity index is 487. The van der Waals surface area contributed by atoms with Gasteiger partial charge in [-0.3, -0.25) is 0 Å². The number of rotatable bonds is 3. The van der Waals surface area contributed by atoms with Crippen molar-refractivity contribution >= 4 is 45.8 Å². The van der Waals surface area contributed by atoms with Crippen molar-refractivity contribution in [2.45, 2.75) is 6.61 Å². The van der Waals surface area contributed by atoms with E-state index < -0.39 is 0 Å². The molecule has 0 fully saturated rings. The van der Waals surface area contributed by atoms with Gasteiger partial charge in [0, 0.05) is 0 Å². The van der Waals surface area contributed by atoms with Gasteiger partial charge in [-0.15, -0.1) is 4.73 Å². The van der Waals surface area contributed by atoms with Crippen LogP contribution in [0.25, 0.3) is 0 Å². The van der Waals surface area contributed by atoms with Crippen molar-refractivity contribution in [3.05, 3.63) is 50.0 Å². The molecule has 0 aliphatic carbocycles. The summed E-state index contributed by atoms with van der Waals surface area (Å²) in [6, 6.07) is 9.76. The Morgan fingerprint density at radius 1 is 1.25 bits per heavy atom. The Morgan fingerprint density at radius 2 is 1.94 bits per heavy atom. The van der Waals surface area contributed by atoms with Gasteiger partial charge in [-0.1, -0.05) is 41.9 Å². The monoisotopic (exact) mass is 368 g/mol. The smallest absolute Gasteiger partial charge is 0.239 e. The zero-order valence-electron chi connectivity index (χ0n) is 8.03. The normalized spacial score (nSPS) is 10.4. The molecule has 2 aromatic rings. The fourth-order valence-electron chi connectivity index (χ4n) is 1.16. The molecule has 1 aromatic heterocycles. The summed E-state index contributed by atoms with van der Waals surface area (Å²) >= 11 is 13.8. The van der Waals surface area contributed by atoms with E-state index in [0.717, 1.165) is 5.56 Å². The molecule has 0 N–H and O–H groups in total. The van der Waals surface area contributed by atoms with Crippen molar-refractivity contribution in [1.82, 2.24) is 9.71 Å². The average molecular weight is 369 g/mol. The number of hydrogen-bond acceptors (Lipinski definition) is 2. The van der Waals surface area contributed by atoms with Gasteiger partial charge >= 0.3 is 0 Å². The summed E-state index contributed by atoms with van der Waals surface area (Å²) in [5, 5.41) is 0.617. The second-order valence-electron chi connectivity index (χ2n) is 3.02. The highest BCUT2D eigenvalue weighted by Gasteiger charge is 2.12. The lowest BCUT2D eigenvalue weighted by atomic mass is 10.2. The maximum Gasteiger partial charge on any atom is 0.239 e. The maximum absolute atomic E-state index is 5.96. The van der Waals surface area contributed by atoms with E-state index in [-0.39, 0.29) is 5.28 Å². The van der Waals surface area contributed by atoms with Gasteiger partial charge in [0.05, 0.1) is 0 Å². The molecule has 16 heavy (non-hydrogen) atoms. The van der Waals surface area contributed by atoms with Crippen LogP contribution < -0.4 is 4.84 Å². The quantitative estimate of drug-likeness (QED) is 0.776. The molecule has 0 spiro atoms. The zero-order chi connectivity index (χ0) is 11.5. The van der Waals surface area contributed by atoms with E-state index in [1.807, 2.05) is 52.9 Å². The number of nitrogens with zero attached hydrogens (tertiary/aromatic N) is 2. The van der Waals surface area contributed by atoms with E-state index in [1.54, 1.807) is 0 Å². The molecule has 0 saturated heterocycles. The number of benzene rings is 1. The summed E-state index contributed by atoms with van der Waals surface area (Å²) < 4.78 is 1.94. The standard InChI is InChI=1S/C10H7Cl2IN2O/c11-8-9(13)14-10(12)15(8)16-6-7-4-2-1-3-5-7/h1-5H,6H2. The zero-order valence-corrected chi connectivity index (χ0v) is 11.7. The van der Waals surface area contributed by atoms with Crippen LogP contribution in [0.4, 0.5) is 0 Å². The van der Waals surface area contributed by atoms with Crippen molar-refractivity contribution in [2.75, 3.05) is 0 Å². The molecule has 0 amide bonds. The highest BCUT2D eigenvalue weighted by atomic mass is 127. The Balaban J connectivity index is 2.11. The van der Waals surface area contributed by atoms with Gasteiger partial charge in [-0.05, 0) is 39.8 Å². The molecule has 0 atom stereocenters. The second-order valence-corrected chi connectivity index (χ2v) is 4.73. The van der Waals surface area contributed by atoms with E-state index in [2.05, 4.69) is 4.98 Å². The third-order valence-corrected chi connectivity index (χ3v) is 3.55. The summed E-state index contributed by atoms with van der Waals surface area (Å²) in [6.07, 6.45) is 0. The third-order valence-electron chi connectivity index (χ3n) is 1.91. The third kappa shape index (κ3) is 2.61. The van der Waals surface area contributed by atoms with Crippen molar-refractivity contribution in [1.29, 1.82) is 0 Å². The first-order valence-corrected chi connectivity index (χ1v) is 6.28. The first-order valence-electron chi connectivity index (χ1n) is 4.45. The predicted molar refractivity (Wildman–Crippen MR) is 71.7 cm³/mol. The van der Waals surface area contributed by atoms with Crippen LogP contribution in [0, 0.1) is 3.70 Å². The fourth-order valence-corrected chi connectivity index (χ4v) is 2.18. The minimum Gasteiger partial charge on any atom is -0.405 e. The molecule has 84 valence electrons. The molecule has 0 bridgehead atoms. The fraction of sp³-hybridized carbons (Fsp3) is 0.100. The van der Waals surface area contributed by atoms with Crippen LogP contribution in [0.1, 0.15) is 5.56 Å². The summed E-state index contributed by atoms with van der Waals surface area (Å²) in [4.78, 5) is 9.44. The molecule has 0 aliphatic rings. The van der Waals surface area contributed by atoms with Crippen LogP contribution in [0.5, 0.6) is 0 Å². The summed E-state index contributed by atoms with van der Waals surface area (Å²) in [6.45, 7) is 0.396. The van der Waals surface area contributed by atoms with E-state index >= 15 is 0 Å². The molecule has 0 radical (unpaired) electrons. The summed E-state index contributed by atoms with van der Waals surface area (Å²) in [7, 11) is 0. The lowest BCUT2D eigenvalue weighted by Crippen LogP contribution is -2.11. The van der Waals surface area contributed by atoms with Gasteiger partial charge in [-0.25, -0.2) is 4.98 Å². The minimum atomic E-state index is 0.227. The van der Waals surface area contributed by atoms with E-state index in [4.69, 9.17) is 28.0 Å². The number of hydrogen-bond donors (Lipinski definition) is 0.